The quantitative estimate of drug-likeness (QED) is 0.427. The third-order valence-corrected chi connectivity index (χ3v) is 9.40. The van der Waals surface area contributed by atoms with E-state index in [-0.39, 0.29) is 24.0 Å². The molecule has 1 amide bonds. The largest absolute Gasteiger partial charge is 0.390 e. The predicted molar refractivity (Wildman–Crippen MR) is 161 cm³/mol. The lowest BCUT2D eigenvalue weighted by atomic mass is 9.97. The van der Waals surface area contributed by atoms with Gasteiger partial charge in [0.15, 0.2) is 0 Å². The van der Waals surface area contributed by atoms with Crippen LogP contribution in [0.15, 0.2) is 71.7 Å². The number of carbonyl (C=O) groups is 1. The van der Waals surface area contributed by atoms with Crippen molar-refractivity contribution in [2.24, 2.45) is 5.41 Å². The second-order valence-corrected chi connectivity index (χ2v) is 14.3. The van der Waals surface area contributed by atoms with E-state index in [1.807, 2.05) is 13.0 Å². The van der Waals surface area contributed by atoms with Gasteiger partial charge in [-0.2, -0.15) is 4.31 Å². The summed E-state index contributed by atoms with van der Waals surface area (Å²) in [5.41, 5.74) is 3.00. The van der Waals surface area contributed by atoms with E-state index >= 15 is 0 Å². The highest BCUT2D eigenvalue weighted by Gasteiger charge is 2.51. The Hall–Kier alpha value is -3.21. The Morgan fingerprint density at radius 1 is 1.10 bits per heavy atom. The minimum Gasteiger partial charge on any atom is -0.390 e. The van der Waals surface area contributed by atoms with Crippen LogP contribution in [0.5, 0.6) is 0 Å². The number of aliphatic hydroxyl groups is 1. The van der Waals surface area contributed by atoms with Gasteiger partial charge in [0.25, 0.3) is 5.91 Å². The number of imidazole rings is 1. The van der Waals surface area contributed by atoms with Gasteiger partial charge in [-0.15, -0.1) is 0 Å². The number of fused-ring (bicyclic) bond motifs is 1. The zero-order chi connectivity index (χ0) is 29.8. The Morgan fingerprint density at radius 3 is 2.46 bits per heavy atom. The fourth-order valence-corrected chi connectivity index (χ4v) is 7.27. The number of likely N-dealkylation sites (tertiary alicyclic amines) is 1. The standard InChI is InChI=1S/C26H31N5O4S.C5H12/c1-2-22(18-32)30-14-11-26(19-30)10-3-13-31(26)36(34,35)23-7-4-20(5-8-23)16-28-25(33)21-6-9-24-27-12-15-29(24)17-21;1-5(2,3)4/h2,4-9,12,15,17,32H,3,10-11,13-14,16,18-19H2,1H3,(H,28,33);1-4H3/b22-2-;. The van der Waals surface area contributed by atoms with Gasteiger partial charge in [0.1, 0.15) is 5.65 Å². The van der Waals surface area contributed by atoms with Crippen molar-refractivity contribution in [3.63, 3.8) is 0 Å². The number of aliphatic hydroxyl groups excluding tert-OH is 1. The number of nitrogens with zero attached hydrogens (tertiary/aromatic N) is 4. The monoisotopic (exact) mass is 581 g/mol. The van der Waals surface area contributed by atoms with Crippen LogP contribution in [-0.4, -0.2) is 69.8 Å². The van der Waals surface area contributed by atoms with Gasteiger partial charge in [-0.1, -0.05) is 45.9 Å². The molecule has 5 rings (SSSR count). The second-order valence-electron chi connectivity index (χ2n) is 12.5. The lowest BCUT2D eigenvalue weighted by molar-refractivity contribution is 0.0950. The molecule has 4 heterocycles. The molecule has 10 heteroatoms. The molecular weight excluding hydrogens is 538 g/mol. The van der Waals surface area contributed by atoms with Gasteiger partial charge in [0.05, 0.1) is 22.6 Å². The Labute approximate surface area is 243 Å². The predicted octanol–water partition coefficient (Wildman–Crippen LogP) is 4.44. The molecule has 2 fully saturated rings. The maximum absolute atomic E-state index is 13.6. The molecular formula is C31H43N5O4S. The molecule has 0 saturated carbocycles. The van der Waals surface area contributed by atoms with Crippen molar-refractivity contribution in [2.45, 2.75) is 70.9 Å². The van der Waals surface area contributed by atoms with Crippen molar-refractivity contribution < 1.29 is 18.3 Å². The van der Waals surface area contributed by atoms with Crippen LogP contribution in [0.4, 0.5) is 0 Å². The van der Waals surface area contributed by atoms with Crippen molar-refractivity contribution in [1.29, 1.82) is 0 Å². The average Bonchev–Trinajstić information content (AvgIpc) is 3.67. The number of aromatic nitrogens is 2. The molecule has 3 aromatic rings. The molecule has 9 nitrogen and oxygen atoms in total. The number of carbonyl (C=O) groups excluding carboxylic acids is 1. The summed E-state index contributed by atoms with van der Waals surface area (Å²) in [5, 5.41) is 12.5. The van der Waals surface area contributed by atoms with Gasteiger partial charge in [-0.05, 0) is 61.4 Å². The number of benzene rings is 1. The highest BCUT2D eigenvalue weighted by Crippen LogP contribution is 2.42. The molecule has 0 radical (unpaired) electrons. The molecule has 0 aliphatic carbocycles. The van der Waals surface area contributed by atoms with Gasteiger partial charge < -0.3 is 19.7 Å². The van der Waals surface area contributed by atoms with E-state index in [0.29, 0.717) is 24.1 Å². The Kier molecular flexibility index (Phi) is 9.25. The summed E-state index contributed by atoms with van der Waals surface area (Å²) in [4.78, 5) is 19.1. The van der Waals surface area contributed by atoms with Crippen molar-refractivity contribution in [3.05, 3.63) is 77.9 Å². The van der Waals surface area contributed by atoms with E-state index in [1.165, 1.54) is 0 Å². The molecule has 2 N–H and O–H groups in total. The molecule has 2 aliphatic rings. The molecule has 0 bridgehead atoms. The number of hydrogen-bond acceptors (Lipinski definition) is 6. The molecule has 2 saturated heterocycles. The third kappa shape index (κ3) is 7.17. The van der Waals surface area contributed by atoms with Crippen molar-refractivity contribution >= 4 is 21.6 Å². The first-order valence-corrected chi connectivity index (χ1v) is 15.6. The molecule has 1 spiro atoms. The first-order valence-electron chi connectivity index (χ1n) is 14.2. The lowest BCUT2D eigenvalue weighted by Crippen LogP contribution is -2.49. The summed E-state index contributed by atoms with van der Waals surface area (Å²) in [6, 6.07) is 10.3. The van der Waals surface area contributed by atoms with Gasteiger partial charge in [0.2, 0.25) is 10.0 Å². The van der Waals surface area contributed by atoms with Gasteiger partial charge in [-0.3, -0.25) is 4.79 Å². The van der Waals surface area contributed by atoms with Crippen LogP contribution in [0.25, 0.3) is 5.65 Å². The minimum atomic E-state index is -3.67. The van der Waals surface area contributed by atoms with Crippen LogP contribution in [-0.2, 0) is 16.6 Å². The molecule has 2 aliphatic heterocycles. The lowest BCUT2D eigenvalue weighted by Gasteiger charge is -2.34. The van der Waals surface area contributed by atoms with E-state index in [9.17, 15) is 18.3 Å². The number of amides is 1. The van der Waals surface area contributed by atoms with Crippen LogP contribution in [0.3, 0.4) is 0 Å². The number of pyridine rings is 1. The Balaban J connectivity index is 0.000000714. The maximum Gasteiger partial charge on any atom is 0.253 e. The summed E-state index contributed by atoms with van der Waals surface area (Å²) >= 11 is 0. The van der Waals surface area contributed by atoms with E-state index in [1.54, 1.807) is 63.7 Å². The van der Waals surface area contributed by atoms with Crippen molar-refractivity contribution in [1.82, 2.24) is 23.9 Å². The summed E-state index contributed by atoms with van der Waals surface area (Å²) in [5.74, 6) is -0.213. The number of hydrogen-bond donors (Lipinski definition) is 2. The second kappa shape index (κ2) is 12.3. The number of sulfonamides is 1. The minimum absolute atomic E-state index is 0.0461. The molecule has 1 atom stereocenters. The summed E-state index contributed by atoms with van der Waals surface area (Å²) in [6.45, 7) is 12.7. The van der Waals surface area contributed by atoms with E-state index in [0.717, 1.165) is 42.7 Å². The van der Waals surface area contributed by atoms with E-state index in [4.69, 9.17) is 0 Å². The van der Waals surface area contributed by atoms with Crippen LogP contribution in [0.1, 0.15) is 69.8 Å². The first-order chi connectivity index (χ1) is 19.4. The Morgan fingerprint density at radius 2 is 1.80 bits per heavy atom. The zero-order valence-corrected chi connectivity index (χ0v) is 25.6. The van der Waals surface area contributed by atoms with Crippen LogP contribution < -0.4 is 5.32 Å². The van der Waals surface area contributed by atoms with Gasteiger partial charge in [-0.25, -0.2) is 13.4 Å². The fourth-order valence-electron chi connectivity index (χ4n) is 5.42. The average molecular weight is 582 g/mol. The highest BCUT2D eigenvalue weighted by atomic mass is 32.2. The molecule has 1 aromatic carbocycles. The van der Waals surface area contributed by atoms with Crippen molar-refractivity contribution in [3.8, 4) is 0 Å². The van der Waals surface area contributed by atoms with E-state index < -0.39 is 15.6 Å². The summed E-state index contributed by atoms with van der Waals surface area (Å²) in [6.07, 6.45) is 9.47. The molecule has 2 aromatic heterocycles. The SMILES string of the molecule is C/C=C(/CO)N1CCC2(CCCN2S(=O)(=O)c2ccc(CNC(=O)c3ccc4nccn4c3)cc2)C1.CC(C)(C)C. The number of rotatable bonds is 7. The van der Waals surface area contributed by atoms with Crippen LogP contribution in [0.2, 0.25) is 0 Å². The third-order valence-electron chi connectivity index (χ3n) is 7.38. The summed E-state index contributed by atoms with van der Waals surface area (Å²) in [7, 11) is -3.67. The normalized spacial score (nSPS) is 20.0. The van der Waals surface area contributed by atoms with E-state index in [2.05, 4.69) is 42.9 Å². The number of nitrogens with one attached hydrogen (secondary N) is 1. The maximum atomic E-state index is 13.6. The highest BCUT2D eigenvalue weighted by molar-refractivity contribution is 7.89. The van der Waals surface area contributed by atoms with Crippen LogP contribution in [0, 0.1) is 5.41 Å². The smallest absolute Gasteiger partial charge is 0.253 e. The zero-order valence-electron chi connectivity index (χ0n) is 24.8. The molecule has 222 valence electrons. The Bertz CT molecular complexity index is 1480. The van der Waals surface area contributed by atoms with Gasteiger partial charge in [0, 0.05) is 50.5 Å². The topological polar surface area (TPSA) is 107 Å². The number of allylic oxidation sites excluding steroid dienone is 1. The summed E-state index contributed by atoms with van der Waals surface area (Å²) < 4.78 is 30.7. The first kappa shape index (κ1) is 30.7. The van der Waals surface area contributed by atoms with Crippen molar-refractivity contribution in [2.75, 3.05) is 26.2 Å². The molecule has 41 heavy (non-hydrogen) atoms. The fraction of sp³-hybridized carbons (Fsp3) is 0.484. The molecule has 1 unspecified atom stereocenters. The van der Waals surface area contributed by atoms with Gasteiger partial charge >= 0.3 is 0 Å². The van der Waals surface area contributed by atoms with Crippen LogP contribution >= 0.6 is 0 Å².